The van der Waals surface area contributed by atoms with Gasteiger partial charge >= 0.3 is 5.69 Å². The molecule has 1 unspecified atom stereocenters. The molecule has 0 bridgehead atoms. The summed E-state index contributed by atoms with van der Waals surface area (Å²) in [5.74, 6) is -0.480. The number of carbonyl (C=O) groups excluding carboxylic acids is 2. The van der Waals surface area contributed by atoms with Crippen LogP contribution in [0, 0.1) is 0 Å². The number of imidazole rings is 1. The fraction of sp³-hybridized carbons (Fsp3) is 0.167. The van der Waals surface area contributed by atoms with Crippen molar-refractivity contribution in [2.45, 2.75) is 18.9 Å². The topological polar surface area (TPSA) is 96.0 Å². The molecule has 0 fully saturated rings. The van der Waals surface area contributed by atoms with E-state index in [-0.39, 0.29) is 30.3 Å². The molecule has 25 heavy (non-hydrogen) atoms. The average Bonchev–Trinajstić information content (AvgIpc) is 2.93. The highest BCUT2D eigenvalue weighted by atomic mass is 16.2. The molecule has 7 heteroatoms. The Hall–Kier alpha value is -3.35. The van der Waals surface area contributed by atoms with Gasteiger partial charge in [-0.05, 0) is 30.7 Å². The van der Waals surface area contributed by atoms with E-state index in [0.29, 0.717) is 22.4 Å². The van der Waals surface area contributed by atoms with Gasteiger partial charge in [-0.1, -0.05) is 24.3 Å². The van der Waals surface area contributed by atoms with Crippen LogP contribution in [0.2, 0.25) is 0 Å². The first-order chi connectivity index (χ1) is 12.1. The number of anilines is 2. The Morgan fingerprint density at radius 2 is 1.88 bits per heavy atom. The van der Waals surface area contributed by atoms with E-state index >= 15 is 0 Å². The molecule has 7 nitrogen and oxygen atoms in total. The summed E-state index contributed by atoms with van der Waals surface area (Å²) in [5.41, 5.74) is 2.30. The summed E-state index contributed by atoms with van der Waals surface area (Å²) in [5, 5.41) is 5.59. The SMILES string of the molecule is O=C(CCC1C(=O)Nc2cccc3[nH]c(=O)n1c23)Nc1ccccc1. The number of benzene rings is 2. The third kappa shape index (κ3) is 2.69. The summed E-state index contributed by atoms with van der Waals surface area (Å²) in [6.45, 7) is 0. The maximum atomic E-state index is 12.4. The quantitative estimate of drug-likeness (QED) is 0.682. The van der Waals surface area contributed by atoms with Crippen LogP contribution in [0.1, 0.15) is 18.9 Å². The number of nitrogens with zero attached hydrogens (tertiary/aromatic N) is 1. The van der Waals surface area contributed by atoms with Gasteiger partial charge in [0.05, 0.1) is 16.7 Å². The highest BCUT2D eigenvalue weighted by Gasteiger charge is 2.30. The molecular formula is C18H16N4O3. The zero-order chi connectivity index (χ0) is 17.4. The second-order valence-corrected chi connectivity index (χ2v) is 5.96. The Kier molecular flexibility index (Phi) is 3.61. The van der Waals surface area contributed by atoms with Gasteiger partial charge in [0.1, 0.15) is 6.04 Å². The van der Waals surface area contributed by atoms with Gasteiger partial charge in [-0.3, -0.25) is 14.2 Å². The maximum absolute atomic E-state index is 12.4. The molecule has 0 saturated heterocycles. The number of rotatable bonds is 4. The molecule has 1 aliphatic heterocycles. The number of hydrogen-bond donors (Lipinski definition) is 3. The molecule has 1 aromatic heterocycles. The molecule has 1 atom stereocenters. The minimum Gasteiger partial charge on any atom is -0.326 e. The van der Waals surface area contributed by atoms with Gasteiger partial charge < -0.3 is 15.6 Å². The number of aromatic nitrogens is 2. The monoisotopic (exact) mass is 336 g/mol. The van der Waals surface area contributed by atoms with E-state index < -0.39 is 6.04 Å². The van der Waals surface area contributed by atoms with Crippen molar-refractivity contribution in [3.8, 4) is 0 Å². The van der Waals surface area contributed by atoms with Crippen molar-refractivity contribution in [2.24, 2.45) is 0 Å². The van der Waals surface area contributed by atoms with E-state index in [2.05, 4.69) is 15.6 Å². The van der Waals surface area contributed by atoms with Crippen molar-refractivity contribution in [1.82, 2.24) is 9.55 Å². The van der Waals surface area contributed by atoms with Gasteiger partial charge in [0, 0.05) is 12.1 Å². The first-order valence-corrected chi connectivity index (χ1v) is 8.02. The molecule has 0 radical (unpaired) electrons. The van der Waals surface area contributed by atoms with Gasteiger partial charge in [-0.2, -0.15) is 0 Å². The van der Waals surface area contributed by atoms with Gasteiger partial charge in [0.25, 0.3) is 0 Å². The van der Waals surface area contributed by atoms with E-state index in [9.17, 15) is 14.4 Å². The maximum Gasteiger partial charge on any atom is 0.327 e. The lowest BCUT2D eigenvalue weighted by atomic mass is 10.1. The molecular weight excluding hydrogens is 320 g/mol. The summed E-state index contributed by atoms with van der Waals surface area (Å²) in [4.78, 5) is 39.6. The summed E-state index contributed by atoms with van der Waals surface area (Å²) >= 11 is 0. The average molecular weight is 336 g/mol. The van der Waals surface area contributed by atoms with Crippen LogP contribution in [0.15, 0.2) is 53.3 Å². The lowest BCUT2D eigenvalue weighted by molar-refractivity contribution is -0.120. The van der Waals surface area contributed by atoms with Crippen molar-refractivity contribution >= 4 is 34.2 Å². The predicted molar refractivity (Wildman–Crippen MR) is 94.5 cm³/mol. The van der Waals surface area contributed by atoms with Crippen LogP contribution in [0.3, 0.4) is 0 Å². The molecule has 0 saturated carbocycles. The van der Waals surface area contributed by atoms with E-state index in [4.69, 9.17) is 0 Å². The van der Waals surface area contributed by atoms with Crippen LogP contribution in [-0.2, 0) is 9.59 Å². The second kappa shape index (κ2) is 5.94. The summed E-state index contributed by atoms with van der Waals surface area (Å²) in [6, 6.07) is 13.7. The molecule has 0 spiro atoms. The first-order valence-electron chi connectivity index (χ1n) is 8.02. The van der Waals surface area contributed by atoms with E-state index in [1.54, 1.807) is 30.3 Å². The third-order valence-corrected chi connectivity index (χ3v) is 4.31. The zero-order valence-electron chi connectivity index (χ0n) is 13.3. The molecule has 3 aromatic rings. The highest BCUT2D eigenvalue weighted by molar-refractivity contribution is 6.05. The van der Waals surface area contributed by atoms with Crippen molar-refractivity contribution < 1.29 is 9.59 Å². The largest absolute Gasteiger partial charge is 0.327 e. The van der Waals surface area contributed by atoms with Crippen molar-refractivity contribution in [3.63, 3.8) is 0 Å². The standard InChI is InChI=1S/C18H16N4O3/c23-15(19-11-5-2-1-3-6-11)10-9-14-17(24)20-12-7-4-8-13-16(12)22(14)18(25)21-13/h1-8,14H,9-10H2,(H,19,23)(H,20,24)(H,21,25). The van der Waals surface area contributed by atoms with Crippen molar-refractivity contribution in [2.75, 3.05) is 10.6 Å². The van der Waals surface area contributed by atoms with Gasteiger partial charge in [-0.15, -0.1) is 0 Å². The van der Waals surface area contributed by atoms with E-state index in [1.165, 1.54) is 4.57 Å². The minimum atomic E-state index is -0.710. The number of para-hydroxylation sites is 2. The Bertz CT molecular complexity index is 1020. The lowest BCUT2D eigenvalue weighted by Crippen LogP contribution is -2.36. The number of carbonyl (C=O) groups is 2. The minimum absolute atomic E-state index is 0.133. The molecule has 2 amide bonds. The molecule has 0 aliphatic carbocycles. The van der Waals surface area contributed by atoms with Crippen LogP contribution < -0.4 is 16.3 Å². The van der Waals surface area contributed by atoms with Gasteiger partial charge in [-0.25, -0.2) is 4.79 Å². The molecule has 2 aromatic carbocycles. The van der Waals surface area contributed by atoms with Crippen LogP contribution in [0.4, 0.5) is 11.4 Å². The Labute approximate surface area is 142 Å². The molecule has 2 heterocycles. The number of aromatic amines is 1. The van der Waals surface area contributed by atoms with Crippen LogP contribution in [0.5, 0.6) is 0 Å². The molecule has 4 rings (SSSR count). The predicted octanol–water partition coefficient (Wildman–Crippen LogP) is 2.24. The van der Waals surface area contributed by atoms with Crippen LogP contribution in [-0.4, -0.2) is 21.4 Å². The summed E-state index contributed by atoms with van der Waals surface area (Å²) in [7, 11) is 0. The molecule has 1 aliphatic rings. The second-order valence-electron chi connectivity index (χ2n) is 5.96. The van der Waals surface area contributed by atoms with Crippen molar-refractivity contribution in [3.05, 3.63) is 59.0 Å². The van der Waals surface area contributed by atoms with Gasteiger partial charge in [0.2, 0.25) is 11.8 Å². The fourth-order valence-corrected chi connectivity index (χ4v) is 3.19. The van der Waals surface area contributed by atoms with E-state index in [1.807, 2.05) is 18.2 Å². The van der Waals surface area contributed by atoms with E-state index in [0.717, 1.165) is 0 Å². The van der Waals surface area contributed by atoms with Crippen LogP contribution >= 0.6 is 0 Å². The zero-order valence-corrected chi connectivity index (χ0v) is 13.3. The molecule has 3 N–H and O–H groups in total. The summed E-state index contributed by atoms with van der Waals surface area (Å²) < 4.78 is 1.44. The number of nitrogens with one attached hydrogen (secondary N) is 3. The Balaban J connectivity index is 1.56. The fourth-order valence-electron chi connectivity index (χ4n) is 3.19. The van der Waals surface area contributed by atoms with Gasteiger partial charge in [0.15, 0.2) is 0 Å². The van der Waals surface area contributed by atoms with Crippen molar-refractivity contribution in [1.29, 1.82) is 0 Å². The number of H-pyrrole nitrogens is 1. The number of amides is 2. The smallest absolute Gasteiger partial charge is 0.326 e. The molecule has 126 valence electrons. The lowest BCUT2D eigenvalue weighted by Gasteiger charge is -2.24. The Morgan fingerprint density at radius 3 is 2.68 bits per heavy atom. The van der Waals surface area contributed by atoms with Crippen LogP contribution in [0.25, 0.3) is 11.0 Å². The highest BCUT2D eigenvalue weighted by Crippen LogP contribution is 2.30. The normalized spacial score (nSPS) is 15.8. The Morgan fingerprint density at radius 1 is 1.08 bits per heavy atom. The third-order valence-electron chi connectivity index (χ3n) is 4.31. The number of hydrogen-bond acceptors (Lipinski definition) is 3. The first kappa shape index (κ1) is 15.2. The summed E-state index contributed by atoms with van der Waals surface area (Å²) in [6.07, 6.45) is 0.375.